The average molecular weight is 306 g/mol. The van der Waals surface area contributed by atoms with Crippen LogP contribution in [0.2, 0.25) is 5.02 Å². The van der Waals surface area contributed by atoms with Gasteiger partial charge in [0.2, 0.25) is 0 Å². The van der Waals surface area contributed by atoms with Crippen LogP contribution in [0, 0.1) is 6.92 Å². The van der Waals surface area contributed by atoms with E-state index in [9.17, 15) is 4.79 Å². The van der Waals surface area contributed by atoms with Crippen LogP contribution in [0.15, 0.2) is 0 Å². The van der Waals surface area contributed by atoms with Gasteiger partial charge < -0.3 is 10.5 Å². The molecule has 0 radical (unpaired) electrons. The number of carbonyl (C=O) groups is 1. The quantitative estimate of drug-likeness (QED) is 0.780. The molecule has 0 bridgehead atoms. The van der Waals surface area contributed by atoms with Gasteiger partial charge in [-0.15, -0.1) is 0 Å². The number of halogens is 1. The molecular formula is C12H20ClN3O2S. The highest BCUT2D eigenvalue weighted by Gasteiger charge is 2.16. The van der Waals surface area contributed by atoms with Gasteiger partial charge in [-0.3, -0.25) is 9.48 Å². The first-order chi connectivity index (χ1) is 9.01. The highest BCUT2D eigenvalue weighted by atomic mass is 35.5. The van der Waals surface area contributed by atoms with Crippen molar-refractivity contribution < 1.29 is 9.53 Å². The predicted octanol–water partition coefficient (Wildman–Crippen LogP) is 1.99. The summed E-state index contributed by atoms with van der Waals surface area (Å²) in [4.78, 5) is 11.4. The van der Waals surface area contributed by atoms with Crippen molar-refractivity contribution in [2.75, 3.05) is 12.4 Å². The smallest absolute Gasteiger partial charge is 0.323 e. The third-order valence-electron chi connectivity index (χ3n) is 2.58. The molecule has 1 aromatic rings. The topological polar surface area (TPSA) is 70.1 Å². The van der Waals surface area contributed by atoms with E-state index in [0.29, 0.717) is 23.1 Å². The number of nitrogens with zero attached hydrogens (tertiary/aromatic N) is 2. The summed E-state index contributed by atoms with van der Waals surface area (Å²) in [5, 5.41) is 5.03. The van der Waals surface area contributed by atoms with Gasteiger partial charge in [0.1, 0.15) is 6.04 Å². The predicted molar refractivity (Wildman–Crippen MR) is 78.4 cm³/mol. The van der Waals surface area contributed by atoms with Gasteiger partial charge in [-0.2, -0.15) is 16.9 Å². The summed E-state index contributed by atoms with van der Waals surface area (Å²) < 4.78 is 6.73. The van der Waals surface area contributed by atoms with E-state index in [1.165, 1.54) is 0 Å². The fraction of sp³-hybridized carbons (Fsp3) is 0.667. The van der Waals surface area contributed by atoms with Gasteiger partial charge >= 0.3 is 5.97 Å². The molecule has 0 spiro atoms. The Hall–Kier alpha value is -0.720. The SMILES string of the molecule is CCOC(=O)C(N)CSCc1c(Cl)c(C)nn1CC. The van der Waals surface area contributed by atoms with Crippen molar-refractivity contribution in [1.29, 1.82) is 0 Å². The Morgan fingerprint density at radius 3 is 2.84 bits per heavy atom. The van der Waals surface area contributed by atoms with Crippen LogP contribution in [-0.4, -0.2) is 34.2 Å². The number of hydrogen-bond acceptors (Lipinski definition) is 5. The van der Waals surface area contributed by atoms with E-state index in [1.54, 1.807) is 18.7 Å². The number of aromatic nitrogens is 2. The molecule has 0 amide bonds. The molecule has 0 saturated heterocycles. The lowest BCUT2D eigenvalue weighted by molar-refractivity contribution is -0.144. The number of thioether (sulfide) groups is 1. The Bertz CT molecular complexity index is 437. The van der Waals surface area contributed by atoms with Crippen molar-refractivity contribution in [3.05, 3.63) is 16.4 Å². The summed E-state index contributed by atoms with van der Waals surface area (Å²) >= 11 is 7.76. The molecule has 1 heterocycles. The Kier molecular flexibility index (Phi) is 6.68. The van der Waals surface area contributed by atoms with E-state index in [4.69, 9.17) is 22.1 Å². The Morgan fingerprint density at radius 2 is 2.26 bits per heavy atom. The van der Waals surface area contributed by atoms with Crippen molar-refractivity contribution >= 4 is 29.3 Å². The van der Waals surface area contributed by atoms with Gasteiger partial charge in [0, 0.05) is 18.1 Å². The largest absolute Gasteiger partial charge is 0.465 e. The number of nitrogens with two attached hydrogens (primary N) is 1. The van der Waals surface area contributed by atoms with Crippen molar-refractivity contribution in [2.24, 2.45) is 5.73 Å². The van der Waals surface area contributed by atoms with Crippen molar-refractivity contribution in [2.45, 2.75) is 39.1 Å². The molecule has 1 rings (SSSR count). The molecule has 0 saturated carbocycles. The van der Waals surface area contributed by atoms with Crippen molar-refractivity contribution in [1.82, 2.24) is 9.78 Å². The zero-order valence-corrected chi connectivity index (χ0v) is 13.1. The lowest BCUT2D eigenvalue weighted by Crippen LogP contribution is -2.34. The van der Waals surface area contributed by atoms with Gasteiger partial charge in [-0.1, -0.05) is 11.6 Å². The number of ether oxygens (including phenoxy) is 1. The molecule has 0 aromatic carbocycles. The van der Waals surface area contributed by atoms with Crippen LogP contribution >= 0.6 is 23.4 Å². The van der Waals surface area contributed by atoms with Crippen LogP contribution in [0.3, 0.4) is 0 Å². The van der Waals surface area contributed by atoms with Gasteiger partial charge in [0.25, 0.3) is 0 Å². The molecule has 5 nitrogen and oxygen atoms in total. The lowest BCUT2D eigenvalue weighted by atomic mass is 10.4. The number of carbonyl (C=O) groups excluding carboxylic acids is 1. The molecule has 7 heteroatoms. The second kappa shape index (κ2) is 7.77. The summed E-state index contributed by atoms with van der Waals surface area (Å²) in [6, 6.07) is -0.595. The van der Waals surface area contributed by atoms with E-state index in [1.807, 2.05) is 18.5 Å². The van der Waals surface area contributed by atoms with Gasteiger partial charge in [0.05, 0.1) is 23.0 Å². The first-order valence-electron chi connectivity index (χ1n) is 6.22. The molecule has 0 aliphatic carbocycles. The molecule has 0 aliphatic rings. The highest BCUT2D eigenvalue weighted by molar-refractivity contribution is 7.98. The maximum atomic E-state index is 11.4. The lowest BCUT2D eigenvalue weighted by Gasteiger charge is -2.10. The molecule has 0 aliphatic heterocycles. The summed E-state index contributed by atoms with van der Waals surface area (Å²) in [6.07, 6.45) is 0. The van der Waals surface area contributed by atoms with Crippen LogP contribution in [-0.2, 0) is 21.8 Å². The van der Waals surface area contributed by atoms with E-state index < -0.39 is 6.04 Å². The minimum atomic E-state index is -0.595. The highest BCUT2D eigenvalue weighted by Crippen LogP contribution is 2.24. The van der Waals surface area contributed by atoms with Gasteiger partial charge in [-0.05, 0) is 20.8 Å². The first kappa shape index (κ1) is 16.3. The first-order valence-corrected chi connectivity index (χ1v) is 7.76. The molecule has 1 atom stereocenters. The van der Waals surface area contributed by atoms with Crippen molar-refractivity contribution in [3.8, 4) is 0 Å². The van der Waals surface area contributed by atoms with Crippen LogP contribution in [0.1, 0.15) is 25.2 Å². The second-order valence-corrected chi connectivity index (χ2v) is 5.44. The maximum Gasteiger partial charge on any atom is 0.323 e. The zero-order valence-electron chi connectivity index (χ0n) is 11.5. The van der Waals surface area contributed by atoms with Crippen LogP contribution in [0.25, 0.3) is 0 Å². The summed E-state index contributed by atoms with van der Waals surface area (Å²) in [7, 11) is 0. The number of aryl methyl sites for hydroxylation is 2. The maximum absolute atomic E-state index is 11.4. The molecule has 2 N–H and O–H groups in total. The van der Waals surface area contributed by atoms with Crippen LogP contribution in [0.5, 0.6) is 0 Å². The second-order valence-electron chi connectivity index (χ2n) is 4.04. The zero-order chi connectivity index (χ0) is 14.4. The number of esters is 1. The van der Waals surface area contributed by atoms with Gasteiger partial charge in [-0.25, -0.2) is 0 Å². The van der Waals surface area contributed by atoms with E-state index in [2.05, 4.69) is 5.10 Å². The normalized spacial score (nSPS) is 12.5. The minimum Gasteiger partial charge on any atom is -0.465 e. The summed E-state index contributed by atoms with van der Waals surface area (Å²) in [5.41, 5.74) is 7.53. The third kappa shape index (κ3) is 4.40. The van der Waals surface area contributed by atoms with Crippen LogP contribution < -0.4 is 5.73 Å². The Labute approximate surface area is 122 Å². The Morgan fingerprint density at radius 1 is 1.58 bits per heavy atom. The standard InChI is InChI=1S/C12H20ClN3O2S/c1-4-16-10(11(13)8(3)15-16)7-19-6-9(14)12(17)18-5-2/h9H,4-7,14H2,1-3H3. The summed E-state index contributed by atoms with van der Waals surface area (Å²) in [6.45, 7) is 6.78. The van der Waals surface area contributed by atoms with Crippen molar-refractivity contribution in [3.63, 3.8) is 0 Å². The van der Waals surface area contributed by atoms with Gasteiger partial charge in [0.15, 0.2) is 0 Å². The molecule has 0 fully saturated rings. The minimum absolute atomic E-state index is 0.352. The monoisotopic (exact) mass is 305 g/mol. The van der Waals surface area contributed by atoms with E-state index in [0.717, 1.165) is 17.9 Å². The summed E-state index contributed by atoms with van der Waals surface area (Å²) in [5.74, 6) is 0.824. The number of rotatable bonds is 7. The van der Waals surface area contributed by atoms with E-state index in [-0.39, 0.29) is 5.97 Å². The van der Waals surface area contributed by atoms with E-state index >= 15 is 0 Å². The molecular weight excluding hydrogens is 286 g/mol. The Balaban J connectivity index is 2.51. The molecule has 1 unspecified atom stereocenters. The molecule has 19 heavy (non-hydrogen) atoms. The van der Waals surface area contributed by atoms with Crippen LogP contribution in [0.4, 0.5) is 0 Å². The molecule has 1 aromatic heterocycles. The average Bonchev–Trinajstić information content (AvgIpc) is 2.66. The third-order valence-corrected chi connectivity index (χ3v) is 4.14. The molecule has 108 valence electrons. The fourth-order valence-electron chi connectivity index (χ4n) is 1.61. The number of hydrogen-bond donors (Lipinski definition) is 1. The fourth-order valence-corrected chi connectivity index (χ4v) is 2.88.